The molecular formula is C18H21F2NO. The van der Waals surface area contributed by atoms with Gasteiger partial charge in [-0.25, -0.2) is 8.78 Å². The maximum Gasteiger partial charge on any atom is 0.270 e. The molecule has 0 aromatic heterocycles. The maximum atomic E-state index is 13.2. The summed E-state index contributed by atoms with van der Waals surface area (Å²) in [7, 11) is 0. The average Bonchev–Trinajstić information content (AvgIpc) is 2.52. The van der Waals surface area contributed by atoms with Gasteiger partial charge >= 0.3 is 0 Å². The Morgan fingerprint density at radius 2 is 1.68 bits per heavy atom. The van der Waals surface area contributed by atoms with Crippen LogP contribution >= 0.6 is 0 Å². The average molecular weight is 305 g/mol. The summed E-state index contributed by atoms with van der Waals surface area (Å²) < 4.78 is 32.4. The molecule has 2 aromatic rings. The summed E-state index contributed by atoms with van der Waals surface area (Å²) in [4.78, 5) is 0. The summed E-state index contributed by atoms with van der Waals surface area (Å²) >= 11 is 0. The minimum Gasteiger partial charge on any atom is -0.484 e. The predicted octanol–water partition coefficient (Wildman–Crippen LogP) is 4.53. The molecule has 0 aliphatic heterocycles. The fourth-order valence-corrected chi connectivity index (χ4v) is 2.16. The fourth-order valence-electron chi connectivity index (χ4n) is 2.16. The van der Waals surface area contributed by atoms with Crippen molar-refractivity contribution >= 4 is 0 Å². The summed E-state index contributed by atoms with van der Waals surface area (Å²) in [6, 6.07) is 15.9. The minimum absolute atomic E-state index is 0.0113. The highest BCUT2D eigenvalue weighted by Crippen LogP contribution is 2.29. The zero-order valence-electron chi connectivity index (χ0n) is 12.9. The Morgan fingerprint density at radius 3 is 2.23 bits per heavy atom. The van der Waals surface area contributed by atoms with Gasteiger partial charge < -0.3 is 10.1 Å². The van der Waals surface area contributed by atoms with Gasteiger partial charge in [-0.15, -0.1) is 0 Å². The molecule has 0 aliphatic carbocycles. The van der Waals surface area contributed by atoms with Gasteiger partial charge in [0.25, 0.3) is 5.92 Å². The standard InChI is InChI=1S/C18H21F2NO/c1-3-21-13-17(14-7-5-4-6-8-14)22-16-11-9-15(10-12-16)18(2,19)20/h4-12,17,21H,3,13H2,1-2H3. The molecule has 1 atom stereocenters. The summed E-state index contributed by atoms with van der Waals surface area (Å²) in [6.07, 6.45) is -0.158. The van der Waals surface area contributed by atoms with Gasteiger partial charge in [0.15, 0.2) is 0 Å². The lowest BCUT2D eigenvalue weighted by Gasteiger charge is -2.20. The van der Waals surface area contributed by atoms with Crippen molar-refractivity contribution in [2.45, 2.75) is 25.9 Å². The first-order valence-corrected chi connectivity index (χ1v) is 7.41. The van der Waals surface area contributed by atoms with E-state index in [2.05, 4.69) is 5.32 Å². The van der Waals surface area contributed by atoms with E-state index < -0.39 is 5.92 Å². The molecule has 4 heteroatoms. The molecule has 2 aromatic carbocycles. The van der Waals surface area contributed by atoms with Crippen LogP contribution in [-0.2, 0) is 5.92 Å². The van der Waals surface area contributed by atoms with Crippen LogP contribution in [0.25, 0.3) is 0 Å². The van der Waals surface area contributed by atoms with E-state index in [1.807, 2.05) is 37.3 Å². The van der Waals surface area contributed by atoms with Crippen molar-refractivity contribution < 1.29 is 13.5 Å². The number of nitrogens with one attached hydrogen (secondary N) is 1. The van der Waals surface area contributed by atoms with E-state index in [0.29, 0.717) is 12.3 Å². The minimum atomic E-state index is -2.83. The zero-order valence-corrected chi connectivity index (χ0v) is 12.9. The first-order valence-electron chi connectivity index (χ1n) is 7.41. The van der Waals surface area contributed by atoms with Crippen LogP contribution in [0.4, 0.5) is 8.78 Å². The molecular weight excluding hydrogens is 284 g/mol. The van der Waals surface area contributed by atoms with E-state index in [9.17, 15) is 8.78 Å². The van der Waals surface area contributed by atoms with Crippen molar-refractivity contribution in [1.82, 2.24) is 5.32 Å². The highest BCUT2D eigenvalue weighted by atomic mass is 19.3. The topological polar surface area (TPSA) is 21.3 Å². The highest BCUT2D eigenvalue weighted by Gasteiger charge is 2.24. The molecule has 0 fully saturated rings. The lowest BCUT2D eigenvalue weighted by atomic mass is 10.1. The fraction of sp³-hybridized carbons (Fsp3) is 0.333. The summed E-state index contributed by atoms with van der Waals surface area (Å²) in [6.45, 7) is 4.42. The SMILES string of the molecule is CCNCC(Oc1ccc(C(C)(F)F)cc1)c1ccccc1. The Morgan fingerprint density at radius 1 is 1.05 bits per heavy atom. The number of benzene rings is 2. The first-order chi connectivity index (χ1) is 10.5. The maximum absolute atomic E-state index is 13.2. The smallest absolute Gasteiger partial charge is 0.270 e. The molecule has 22 heavy (non-hydrogen) atoms. The number of alkyl halides is 2. The monoisotopic (exact) mass is 305 g/mol. The van der Waals surface area contributed by atoms with Gasteiger partial charge in [-0.3, -0.25) is 0 Å². The van der Waals surface area contributed by atoms with E-state index >= 15 is 0 Å². The van der Waals surface area contributed by atoms with Crippen molar-refractivity contribution in [3.63, 3.8) is 0 Å². The van der Waals surface area contributed by atoms with Crippen LogP contribution in [0.1, 0.15) is 31.1 Å². The molecule has 2 nitrogen and oxygen atoms in total. The van der Waals surface area contributed by atoms with E-state index in [1.165, 1.54) is 12.1 Å². The van der Waals surface area contributed by atoms with E-state index in [1.54, 1.807) is 12.1 Å². The number of hydrogen-bond donors (Lipinski definition) is 1. The Labute approximate surface area is 130 Å². The van der Waals surface area contributed by atoms with Gasteiger partial charge in [0.1, 0.15) is 11.9 Å². The summed E-state index contributed by atoms with van der Waals surface area (Å²) in [5.74, 6) is -2.25. The molecule has 0 saturated carbocycles. The second-order valence-electron chi connectivity index (χ2n) is 5.24. The van der Waals surface area contributed by atoms with Gasteiger partial charge in [-0.2, -0.15) is 0 Å². The third-order valence-electron chi connectivity index (χ3n) is 3.39. The van der Waals surface area contributed by atoms with Crippen LogP contribution in [0.2, 0.25) is 0 Å². The van der Waals surface area contributed by atoms with E-state index in [4.69, 9.17) is 4.74 Å². The van der Waals surface area contributed by atoms with Crippen molar-refractivity contribution in [3.8, 4) is 5.75 Å². The van der Waals surface area contributed by atoms with E-state index in [-0.39, 0.29) is 11.7 Å². The molecule has 0 bridgehead atoms. The Balaban J connectivity index is 2.13. The van der Waals surface area contributed by atoms with Crippen LogP contribution in [0, 0.1) is 0 Å². The molecule has 0 radical (unpaired) electrons. The number of halogens is 2. The van der Waals surface area contributed by atoms with Gasteiger partial charge in [-0.05, 0) is 36.4 Å². The van der Waals surface area contributed by atoms with Gasteiger partial charge in [0.2, 0.25) is 0 Å². The van der Waals surface area contributed by atoms with Crippen LogP contribution in [-0.4, -0.2) is 13.1 Å². The van der Waals surface area contributed by atoms with Crippen molar-refractivity contribution in [2.24, 2.45) is 0 Å². The molecule has 0 saturated heterocycles. The molecule has 1 unspecified atom stereocenters. The molecule has 0 heterocycles. The largest absolute Gasteiger partial charge is 0.484 e. The molecule has 0 aliphatic rings. The van der Waals surface area contributed by atoms with Crippen LogP contribution in [0.5, 0.6) is 5.75 Å². The van der Waals surface area contributed by atoms with Crippen molar-refractivity contribution in [1.29, 1.82) is 0 Å². The first kappa shape index (κ1) is 16.4. The van der Waals surface area contributed by atoms with Crippen LogP contribution in [0.3, 0.4) is 0 Å². The Hall–Kier alpha value is -1.94. The molecule has 0 spiro atoms. The number of rotatable bonds is 7. The second-order valence-corrected chi connectivity index (χ2v) is 5.24. The van der Waals surface area contributed by atoms with Crippen LogP contribution in [0.15, 0.2) is 54.6 Å². The second kappa shape index (κ2) is 7.36. The lowest BCUT2D eigenvalue weighted by molar-refractivity contribution is 0.0174. The van der Waals surface area contributed by atoms with E-state index in [0.717, 1.165) is 19.0 Å². The normalized spacial score (nSPS) is 12.9. The molecule has 0 amide bonds. The summed E-state index contributed by atoms with van der Waals surface area (Å²) in [5.41, 5.74) is 1.04. The number of hydrogen-bond acceptors (Lipinski definition) is 2. The predicted molar refractivity (Wildman–Crippen MR) is 84.4 cm³/mol. The zero-order chi connectivity index (χ0) is 16.0. The molecule has 118 valence electrons. The third kappa shape index (κ3) is 4.53. The number of ether oxygens (including phenoxy) is 1. The summed E-state index contributed by atoms with van der Waals surface area (Å²) in [5, 5.41) is 3.26. The lowest BCUT2D eigenvalue weighted by Crippen LogP contribution is -2.24. The van der Waals surface area contributed by atoms with Gasteiger partial charge in [0.05, 0.1) is 0 Å². The van der Waals surface area contributed by atoms with Gasteiger partial charge in [-0.1, -0.05) is 37.3 Å². The van der Waals surface area contributed by atoms with Crippen molar-refractivity contribution in [2.75, 3.05) is 13.1 Å². The van der Waals surface area contributed by atoms with Crippen LogP contribution < -0.4 is 10.1 Å². The van der Waals surface area contributed by atoms with Gasteiger partial charge in [0, 0.05) is 19.0 Å². The number of likely N-dealkylation sites (N-methyl/N-ethyl adjacent to an activating group) is 1. The Kier molecular flexibility index (Phi) is 5.50. The molecule has 1 N–H and O–H groups in total. The third-order valence-corrected chi connectivity index (χ3v) is 3.39. The molecule has 2 rings (SSSR count). The van der Waals surface area contributed by atoms with Crippen molar-refractivity contribution in [3.05, 3.63) is 65.7 Å². The highest BCUT2D eigenvalue weighted by molar-refractivity contribution is 5.30. The quantitative estimate of drug-likeness (QED) is 0.811. The Bertz CT molecular complexity index is 564.